The summed E-state index contributed by atoms with van der Waals surface area (Å²) in [7, 11) is 0. The Morgan fingerprint density at radius 1 is 0.500 bits per heavy atom. The zero-order valence-electron chi connectivity index (χ0n) is 32.1. The Bertz CT molecular complexity index is 2270. The molecule has 2 saturated heterocycles. The molecule has 0 N–H and O–H groups in total. The van der Waals surface area contributed by atoms with Gasteiger partial charge in [0.2, 0.25) is 10.3 Å². The predicted octanol–water partition coefficient (Wildman–Crippen LogP) is 10.5. The van der Waals surface area contributed by atoms with Crippen molar-refractivity contribution in [3.8, 4) is 22.8 Å². The second kappa shape index (κ2) is 19.6. The van der Waals surface area contributed by atoms with Crippen LogP contribution >= 0.6 is 46.3 Å². The van der Waals surface area contributed by atoms with Gasteiger partial charge in [-0.05, 0) is 84.6 Å². The van der Waals surface area contributed by atoms with Crippen LogP contribution in [0.15, 0.2) is 97.1 Å². The highest BCUT2D eigenvalue weighted by molar-refractivity contribution is 7.10. The minimum Gasteiger partial charge on any atom is -0.344 e. The molecule has 0 radical (unpaired) electrons. The van der Waals surface area contributed by atoms with E-state index in [1.54, 1.807) is 24.3 Å². The Kier molecular flexibility index (Phi) is 14.3. The van der Waals surface area contributed by atoms with E-state index in [0.29, 0.717) is 21.7 Å². The molecule has 0 unspecified atom stereocenters. The van der Waals surface area contributed by atoms with Gasteiger partial charge in [-0.2, -0.15) is 45.1 Å². The summed E-state index contributed by atoms with van der Waals surface area (Å²) in [5.41, 5.74) is 2.48. The van der Waals surface area contributed by atoms with Crippen molar-refractivity contribution in [2.75, 3.05) is 75.2 Å². The summed E-state index contributed by atoms with van der Waals surface area (Å²) < 4.78 is 84.9. The molecule has 8 nitrogen and oxygen atoms in total. The van der Waals surface area contributed by atoms with E-state index in [-0.39, 0.29) is 0 Å². The monoisotopic (exact) mass is 904 g/mol. The molecular formula is C42H40Cl2F6N8S2. The fraction of sp³-hybridized carbons (Fsp3) is 0.333. The molecule has 0 saturated carbocycles. The zero-order chi connectivity index (χ0) is 42.3. The van der Waals surface area contributed by atoms with Crippen molar-refractivity contribution in [1.29, 1.82) is 0 Å². The number of hydrogen-bond acceptors (Lipinski definition) is 10. The number of hydrogen-bond donors (Lipinski definition) is 0. The van der Waals surface area contributed by atoms with Crippen LogP contribution in [0.2, 0.25) is 10.0 Å². The number of benzene rings is 4. The summed E-state index contributed by atoms with van der Waals surface area (Å²) in [6.07, 6.45) is -7.10. The average Bonchev–Trinajstić information content (AvgIpc) is 3.95. The molecule has 2 aromatic heterocycles. The van der Waals surface area contributed by atoms with Crippen LogP contribution in [0.25, 0.3) is 22.8 Å². The van der Waals surface area contributed by atoms with Crippen LogP contribution < -0.4 is 9.80 Å². The van der Waals surface area contributed by atoms with Crippen LogP contribution in [0.3, 0.4) is 0 Å². The molecule has 60 heavy (non-hydrogen) atoms. The van der Waals surface area contributed by atoms with Crippen molar-refractivity contribution in [2.45, 2.75) is 25.2 Å². The maximum absolute atomic E-state index is 12.7. The minimum absolute atomic E-state index is 0.602. The molecule has 6 aromatic rings. The molecular weight excluding hydrogens is 866 g/mol. The Morgan fingerprint density at radius 3 is 1.35 bits per heavy atom. The molecule has 0 aliphatic carbocycles. The highest BCUT2D eigenvalue weighted by atomic mass is 35.5. The van der Waals surface area contributed by atoms with Gasteiger partial charge in [0, 0.05) is 110 Å². The van der Waals surface area contributed by atoms with Crippen LogP contribution in [-0.2, 0) is 25.2 Å². The fourth-order valence-corrected chi connectivity index (χ4v) is 8.57. The van der Waals surface area contributed by atoms with E-state index in [4.69, 9.17) is 23.2 Å². The number of piperazine rings is 2. The summed E-state index contributed by atoms with van der Waals surface area (Å²) in [5, 5.41) is 3.14. The molecule has 2 aliphatic rings. The second-order valence-corrected chi connectivity index (χ2v) is 16.7. The predicted molar refractivity (Wildman–Crippen MR) is 228 cm³/mol. The average molecular weight is 906 g/mol. The lowest BCUT2D eigenvalue weighted by Crippen LogP contribution is -2.47. The van der Waals surface area contributed by atoms with Crippen LogP contribution in [0, 0.1) is 0 Å². The van der Waals surface area contributed by atoms with Crippen molar-refractivity contribution >= 4 is 56.5 Å². The van der Waals surface area contributed by atoms with E-state index in [9.17, 15) is 26.3 Å². The van der Waals surface area contributed by atoms with Crippen LogP contribution in [0.1, 0.15) is 22.3 Å². The van der Waals surface area contributed by atoms with Gasteiger partial charge >= 0.3 is 12.4 Å². The summed E-state index contributed by atoms with van der Waals surface area (Å²) in [5.74, 6) is 1.39. The van der Waals surface area contributed by atoms with Gasteiger partial charge in [-0.15, -0.1) is 0 Å². The lowest BCUT2D eigenvalue weighted by atomic mass is 10.1. The Morgan fingerprint density at radius 2 is 0.933 bits per heavy atom. The third kappa shape index (κ3) is 11.9. The van der Waals surface area contributed by atoms with Crippen LogP contribution in [0.4, 0.5) is 36.6 Å². The summed E-state index contributed by atoms with van der Waals surface area (Å²) >= 11 is 14.8. The van der Waals surface area contributed by atoms with E-state index in [1.807, 2.05) is 48.5 Å². The van der Waals surface area contributed by atoms with Gasteiger partial charge in [-0.25, -0.2) is 0 Å². The van der Waals surface area contributed by atoms with Gasteiger partial charge in [-0.1, -0.05) is 59.6 Å². The number of alkyl halides is 6. The summed E-state index contributed by atoms with van der Waals surface area (Å²) in [6, 6.07) is 25.9. The lowest BCUT2D eigenvalue weighted by Gasteiger charge is -2.34. The highest BCUT2D eigenvalue weighted by Gasteiger charge is 2.31. The molecule has 18 heteroatoms. The smallest absolute Gasteiger partial charge is 0.344 e. The van der Waals surface area contributed by atoms with Crippen LogP contribution in [0.5, 0.6) is 0 Å². The summed E-state index contributed by atoms with van der Waals surface area (Å²) in [6.45, 7) is 8.57. The third-order valence-electron chi connectivity index (χ3n) is 10.3. The molecule has 0 amide bonds. The quantitative estimate of drug-likeness (QED) is 0.126. The molecule has 4 heterocycles. The van der Waals surface area contributed by atoms with E-state index in [0.717, 1.165) is 135 Å². The maximum atomic E-state index is 12.7. The van der Waals surface area contributed by atoms with Gasteiger partial charge in [0.05, 0.1) is 11.1 Å². The first-order valence-corrected chi connectivity index (χ1v) is 21.5. The Balaban J connectivity index is 0.000000181. The molecule has 316 valence electrons. The van der Waals surface area contributed by atoms with Crippen molar-refractivity contribution in [1.82, 2.24) is 28.5 Å². The van der Waals surface area contributed by atoms with Gasteiger partial charge < -0.3 is 9.80 Å². The van der Waals surface area contributed by atoms with Gasteiger partial charge in [0.25, 0.3) is 0 Å². The zero-order valence-corrected chi connectivity index (χ0v) is 35.3. The standard InChI is InChI=1S/2C21H20ClF3N4S/c22-18-7-3-16(4-8-18)19-26-20(30-27-19)29-13-11-28(12-14-29)10-9-15-1-5-17(6-2-15)21(23,24)25;22-18-3-1-2-16(14-18)19-26-20(30-27-19)29-12-10-28(11-13-29)9-8-15-4-6-17(7-5-15)21(23,24)25/h1-8H,9-14H2;1-7,14H,8-13H2. The minimum atomic E-state index is -4.29. The Hall–Kier alpha value is -4.32. The number of anilines is 2. The highest BCUT2D eigenvalue weighted by Crippen LogP contribution is 2.31. The lowest BCUT2D eigenvalue weighted by molar-refractivity contribution is -0.138. The van der Waals surface area contributed by atoms with Crippen molar-refractivity contribution in [3.63, 3.8) is 0 Å². The first-order chi connectivity index (χ1) is 28.8. The summed E-state index contributed by atoms with van der Waals surface area (Å²) in [4.78, 5) is 18.4. The maximum Gasteiger partial charge on any atom is 0.416 e. The molecule has 2 aliphatic heterocycles. The number of rotatable bonds is 10. The van der Waals surface area contributed by atoms with Gasteiger partial charge in [0.15, 0.2) is 11.6 Å². The SMILES string of the molecule is FC(F)(F)c1ccc(CCN2CCN(c3nc(-c4ccc(Cl)cc4)ns3)CC2)cc1.FC(F)(F)c1ccc(CCN2CCN(c3nc(-c4cccc(Cl)c4)ns3)CC2)cc1. The largest absolute Gasteiger partial charge is 0.416 e. The molecule has 0 bridgehead atoms. The van der Waals surface area contributed by atoms with E-state index in [1.165, 1.54) is 23.1 Å². The van der Waals surface area contributed by atoms with Crippen molar-refractivity contribution in [3.05, 3.63) is 129 Å². The van der Waals surface area contributed by atoms with Gasteiger partial charge in [0.1, 0.15) is 0 Å². The molecule has 2 fully saturated rings. The first-order valence-electron chi connectivity index (χ1n) is 19.2. The number of halogens is 8. The molecule has 0 atom stereocenters. The van der Waals surface area contributed by atoms with E-state index < -0.39 is 23.5 Å². The normalized spacial score (nSPS) is 15.5. The molecule has 4 aromatic carbocycles. The third-order valence-corrected chi connectivity index (χ3v) is 12.3. The molecule has 0 spiro atoms. The fourth-order valence-electron chi connectivity index (χ4n) is 6.77. The van der Waals surface area contributed by atoms with E-state index in [2.05, 4.69) is 38.3 Å². The van der Waals surface area contributed by atoms with Crippen molar-refractivity contribution in [2.24, 2.45) is 0 Å². The van der Waals surface area contributed by atoms with Crippen molar-refractivity contribution < 1.29 is 26.3 Å². The topological polar surface area (TPSA) is 64.5 Å². The van der Waals surface area contributed by atoms with E-state index >= 15 is 0 Å². The number of nitrogens with zero attached hydrogens (tertiary/aromatic N) is 8. The first kappa shape index (κ1) is 43.8. The Labute approximate surface area is 362 Å². The molecule has 8 rings (SSSR count). The van der Waals surface area contributed by atoms with Gasteiger partial charge in [-0.3, -0.25) is 9.80 Å². The number of aromatic nitrogens is 4. The second-order valence-electron chi connectivity index (χ2n) is 14.4. The van der Waals surface area contributed by atoms with Crippen LogP contribution in [-0.4, -0.2) is 94.0 Å².